The van der Waals surface area contributed by atoms with Crippen LogP contribution in [0.15, 0.2) is 29.3 Å². The first-order valence-electron chi connectivity index (χ1n) is 6.39. The number of rotatable bonds is 3. The summed E-state index contributed by atoms with van der Waals surface area (Å²) in [6, 6.07) is 8.67. The van der Waals surface area contributed by atoms with Crippen LogP contribution in [-0.2, 0) is 0 Å². The van der Waals surface area contributed by atoms with Crippen molar-refractivity contribution in [2.24, 2.45) is 22.6 Å². The van der Waals surface area contributed by atoms with E-state index in [0.717, 1.165) is 17.5 Å². The highest BCUT2D eigenvalue weighted by atomic mass is 15.1. The van der Waals surface area contributed by atoms with E-state index in [1.165, 1.54) is 24.8 Å². The summed E-state index contributed by atoms with van der Waals surface area (Å²) in [7, 11) is 0. The fourth-order valence-corrected chi connectivity index (χ4v) is 2.46. The van der Waals surface area contributed by atoms with Gasteiger partial charge in [0.15, 0.2) is 5.96 Å². The van der Waals surface area contributed by atoms with E-state index < -0.39 is 0 Å². The first-order valence-corrected chi connectivity index (χ1v) is 6.39. The average Bonchev–Trinajstić information content (AvgIpc) is 3.10. The van der Waals surface area contributed by atoms with Gasteiger partial charge in [-0.2, -0.15) is 0 Å². The molecule has 90 valence electrons. The van der Waals surface area contributed by atoms with Gasteiger partial charge in [-0.15, -0.1) is 0 Å². The number of anilines is 1. The summed E-state index contributed by atoms with van der Waals surface area (Å²) in [5, 5.41) is 3.16. The van der Waals surface area contributed by atoms with E-state index in [2.05, 4.69) is 29.4 Å². The van der Waals surface area contributed by atoms with Crippen molar-refractivity contribution in [3.05, 3.63) is 29.8 Å². The van der Waals surface area contributed by atoms with Gasteiger partial charge in [0.25, 0.3) is 0 Å². The smallest absolute Gasteiger partial charge is 0.193 e. The SMILES string of the molecule is Cc1cccc(NC(N)=N[C@@H]2C[C@H]2C2CC2)c1. The van der Waals surface area contributed by atoms with E-state index in [0.29, 0.717) is 12.0 Å². The maximum atomic E-state index is 5.92. The van der Waals surface area contributed by atoms with Crippen LogP contribution in [0.1, 0.15) is 24.8 Å². The van der Waals surface area contributed by atoms with Crippen molar-refractivity contribution in [2.75, 3.05) is 5.32 Å². The molecule has 2 aliphatic rings. The lowest BCUT2D eigenvalue weighted by Gasteiger charge is -2.06. The summed E-state index contributed by atoms with van der Waals surface area (Å²) in [6.07, 6.45) is 4.05. The van der Waals surface area contributed by atoms with Gasteiger partial charge in [-0.25, -0.2) is 4.99 Å². The van der Waals surface area contributed by atoms with Crippen molar-refractivity contribution >= 4 is 11.6 Å². The fourth-order valence-electron chi connectivity index (χ4n) is 2.46. The van der Waals surface area contributed by atoms with E-state index in [4.69, 9.17) is 5.73 Å². The number of nitrogens with zero attached hydrogens (tertiary/aromatic N) is 1. The van der Waals surface area contributed by atoms with Gasteiger partial charge in [-0.05, 0) is 55.7 Å². The van der Waals surface area contributed by atoms with Crippen molar-refractivity contribution < 1.29 is 0 Å². The minimum Gasteiger partial charge on any atom is -0.370 e. The summed E-state index contributed by atoms with van der Waals surface area (Å²) in [6.45, 7) is 2.07. The zero-order valence-corrected chi connectivity index (χ0v) is 10.2. The molecule has 0 amide bonds. The molecule has 2 aliphatic carbocycles. The van der Waals surface area contributed by atoms with Crippen LogP contribution in [0.4, 0.5) is 5.69 Å². The molecule has 0 heterocycles. The number of benzene rings is 1. The zero-order valence-electron chi connectivity index (χ0n) is 10.2. The van der Waals surface area contributed by atoms with Gasteiger partial charge < -0.3 is 11.1 Å². The summed E-state index contributed by atoms with van der Waals surface area (Å²) >= 11 is 0. The number of nitrogens with two attached hydrogens (primary N) is 1. The number of nitrogens with one attached hydrogen (secondary N) is 1. The van der Waals surface area contributed by atoms with E-state index in [-0.39, 0.29) is 0 Å². The molecule has 2 saturated carbocycles. The second kappa shape index (κ2) is 4.06. The van der Waals surface area contributed by atoms with Crippen LogP contribution in [0, 0.1) is 18.8 Å². The van der Waals surface area contributed by atoms with Crippen LogP contribution in [0.3, 0.4) is 0 Å². The molecule has 0 saturated heterocycles. The van der Waals surface area contributed by atoms with Crippen LogP contribution in [0.2, 0.25) is 0 Å². The van der Waals surface area contributed by atoms with Gasteiger partial charge in [0.2, 0.25) is 0 Å². The molecule has 0 spiro atoms. The van der Waals surface area contributed by atoms with E-state index in [1.807, 2.05) is 12.1 Å². The Morgan fingerprint density at radius 1 is 1.41 bits per heavy atom. The Bertz CT molecular complexity index is 449. The lowest BCUT2D eigenvalue weighted by Crippen LogP contribution is -2.23. The molecule has 3 N–H and O–H groups in total. The molecular formula is C14H19N3. The van der Waals surface area contributed by atoms with Gasteiger partial charge in [0.1, 0.15) is 0 Å². The molecule has 1 aromatic rings. The molecule has 2 fully saturated rings. The second-order valence-corrected chi connectivity index (χ2v) is 5.31. The van der Waals surface area contributed by atoms with Crippen molar-refractivity contribution in [3.8, 4) is 0 Å². The van der Waals surface area contributed by atoms with E-state index in [1.54, 1.807) is 0 Å². The molecule has 0 aliphatic heterocycles. The molecule has 3 heteroatoms. The second-order valence-electron chi connectivity index (χ2n) is 5.31. The highest BCUT2D eigenvalue weighted by Gasteiger charge is 2.47. The maximum absolute atomic E-state index is 5.92. The predicted octanol–water partition coefficient (Wildman–Crippen LogP) is 2.52. The third-order valence-electron chi connectivity index (χ3n) is 3.63. The average molecular weight is 229 g/mol. The molecular weight excluding hydrogens is 210 g/mol. The number of aryl methyl sites for hydroxylation is 1. The first kappa shape index (κ1) is 10.6. The van der Waals surface area contributed by atoms with E-state index in [9.17, 15) is 0 Å². The number of guanidine groups is 1. The number of hydrogen-bond donors (Lipinski definition) is 2. The summed E-state index contributed by atoms with van der Waals surface area (Å²) in [5.74, 6) is 2.34. The maximum Gasteiger partial charge on any atom is 0.193 e. The van der Waals surface area contributed by atoms with Gasteiger partial charge in [-0.3, -0.25) is 0 Å². The largest absolute Gasteiger partial charge is 0.370 e. The molecule has 0 bridgehead atoms. The summed E-state index contributed by atoms with van der Waals surface area (Å²) < 4.78 is 0. The molecule has 2 atom stereocenters. The van der Waals surface area contributed by atoms with Crippen LogP contribution < -0.4 is 11.1 Å². The van der Waals surface area contributed by atoms with Gasteiger partial charge in [-0.1, -0.05) is 12.1 Å². The Morgan fingerprint density at radius 2 is 2.24 bits per heavy atom. The Hall–Kier alpha value is -1.51. The number of aliphatic imine (C=N–C) groups is 1. The predicted molar refractivity (Wildman–Crippen MR) is 71.0 cm³/mol. The van der Waals surface area contributed by atoms with Crippen LogP contribution >= 0.6 is 0 Å². The molecule has 1 aromatic carbocycles. The van der Waals surface area contributed by atoms with Crippen molar-refractivity contribution in [3.63, 3.8) is 0 Å². The Morgan fingerprint density at radius 3 is 2.94 bits per heavy atom. The first-order chi connectivity index (χ1) is 8.22. The Kier molecular flexibility index (Phi) is 2.54. The van der Waals surface area contributed by atoms with Gasteiger partial charge in [0.05, 0.1) is 6.04 Å². The fraction of sp³-hybridized carbons (Fsp3) is 0.500. The minimum atomic E-state index is 0.486. The zero-order chi connectivity index (χ0) is 11.8. The molecule has 3 nitrogen and oxygen atoms in total. The molecule has 0 radical (unpaired) electrons. The van der Waals surface area contributed by atoms with Gasteiger partial charge in [0, 0.05) is 5.69 Å². The molecule has 0 aromatic heterocycles. The number of hydrogen-bond acceptors (Lipinski definition) is 1. The lowest BCUT2D eigenvalue weighted by atomic mass is 10.2. The lowest BCUT2D eigenvalue weighted by molar-refractivity contribution is 0.686. The quantitative estimate of drug-likeness (QED) is 0.618. The van der Waals surface area contributed by atoms with Gasteiger partial charge >= 0.3 is 0 Å². The standard InChI is InChI=1S/C14H19N3/c1-9-3-2-4-11(7-9)16-14(15)17-13-8-12(13)10-5-6-10/h2-4,7,10,12-13H,5-6,8H2,1H3,(H3,15,16,17)/t12-,13+/m0/s1. The Labute approximate surface area is 102 Å². The van der Waals surface area contributed by atoms with Crippen molar-refractivity contribution in [2.45, 2.75) is 32.2 Å². The summed E-state index contributed by atoms with van der Waals surface area (Å²) in [4.78, 5) is 4.54. The van der Waals surface area contributed by atoms with E-state index >= 15 is 0 Å². The molecule has 0 unspecified atom stereocenters. The highest BCUT2D eigenvalue weighted by Crippen LogP contribution is 2.51. The monoisotopic (exact) mass is 229 g/mol. The van der Waals surface area contributed by atoms with Crippen LogP contribution in [0.5, 0.6) is 0 Å². The minimum absolute atomic E-state index is 0.486. The van der Waals surface area contributed by atoms with Crippen molar-refractivity contribution in [1.29, 1.82) is 0 Å². The highest BCUT2D eigenvalue weighted by molar-refractivity contribution is 5.92. The topological polar surface area (TPSA) is 50.4 Å². The van der Waals surface area contributed by atoms with Crippen molar-refractivity contribution in [1.82, 2.24) is 0 Å². The summed E-state index contributed by atoms with van der Waals surface area (Å²) in [5.41, 5.74) is 8.17. The van der Waals surface area contributed by atoms with Crippen LogP contribution in [-0.4, -0.2) is 12.0 Å². The third kappa shape index (κ3) is 2.60. The molecule has 17 heavy (non-hydrogen) atoms. The normalized spacial score (nSPS) is 27.9. The third-order valence-corrected chi connectivity index (χ3v) is 3.63. The molecule has 3 rings (SSSR count). The van der Waals surface area contributed by atoms with Crippen LogP contribution in [0.25, 0.3) is 0 Å². The Balaban J connectivity index is 1.59.